The summed E-state index contributed by atoms with van der Waals surface area (Å²) in [7, 11) is -1.12. The van der Waals surface area contributed by atoms with Crippen LogP contribution in [0.1, 0.15) is 27.2 Å². The van der Waals surface area contributed by atoms with Crippen molar-refractivity contribution < 1.29 is 18.3 Å². The second-order valence-corrected chi connectivity index (χ2v) is 8.01. The lowest BCUT2D eigenvalue weighted by molar-refractivity contribution is -0.385. The lowest BCUT2D eigenvalue weighted by atomic mass is 10.1. The van der Waals surface area contributed by atoms with Gasteiger partial charge in [0.15, 0.2) is 0 Å². The zero-order valence-corrected chi connectivity index (χ0v) is 16.0. The molecule has 2 aromatic carbocycles. The third-order valence-electron chi connectivity index (χ3n) is 4.72. The topological polar surface area (TPSA) is 107 Å². The van der Waals surface area contributed by atoms with Crippen LogP contribution in [0.4, 0.5) is 15.9 Å². The summed E-state index contributed by atoms with van der Waals surface area (Å²) in [6.45, 7) is 1.50. The van der Waals surface area contributed by atoms with Crippen LogP contribution in [0.15, 0.2) is 42.5 Å². The quantitative estimate of drug-likeness (QED) is 0.521. The number of hydrogen-bond acceptors (Lipinski definition) is 5. The monoisotopic (exact) mass is 414 g/mol. The fourth-order valence-corrected chi connectivity index (χ4v) is 4.53. The summed E-state index contributed by atoms with van der Waals surface area (Å²) in [5.74, 6) is -0.127. The summed E-state index contributed by atoms with van der Waals surface area (Å²) in [5.41, 5.74) is 2.00. The van der Waals surface area contributed by atoms with Gasteiger partial charge in [-0.15, -0.1) is 0 Å². The lowest BCUT2D eigenvalue weighted by Crippen LogP contribution is -2.18. The Morgan fingerprint density at radius 2 is 1.97 bits per heavy atom. The predicted octanol–water partition coefficient (Wildman–Crippen LogP) is 3.24. The van der Waals surface area contributed by atoms with E-state index in [2.05, 4.69) is 10.4 Å². The molecule has 10 heteroatoms. The second-order valence-electron chi connectivity index (χ2n) is 6.55. The van der Waals surface area contributed by atoms with E-state index in [1.807, 2.05) is 0 Å². The molecule has 29 heavy (non-hydrogen) atoms. The van der Waals surface area contributed by atoms with Crippen molar-refractivity contribution in [2.75, 3.05) is 5.32 Å². The molecule has 0 spiro atoms. The molecular formula is C19H15FN4O4S. The van der Waals surface area contributed by atoms with E-state index in [9.17, 15) is 23.5 Å². The molecule has 1 aromatic heterocycles. The molecule has 0 saturated carbocycles. The number of nitro groups is 1. The maximum absolute atomic E-state index is 13.3. The number of aromatic nitrogens is 2. The van der Waals surface area contributed by atoms with Crippen LogP contribution in [-0.4, -0.2) is 24.8 Å². The molecule has 0 saturated heterocycles. The van der Waals surface area contributed by atoms with E-state index in [4.69, 9.17) is 0 Å². The molecule has 0 bridgehead atoms. The Labute approximate surface area is 167 Å². The maximum atomic E-state index is 13.3. The van der Waals surface area contributed by atoms with Crippen molar-refractivity contribution in [1.29, 1.82) is 0 Å². The van der Waals surface area contributed by atoms with Crippen molar-refractivity contribution >= 4 is 28.2 Å². The number of nitrogens with one attached hydrogen (secondary N) is 1. The number of amides is 1. The highest BCUT2D eigenvalue weighted by Crippen LogP contribution is 2.32. The highest BCUT2D eigenvalue weighted by molar-refractivity contribution is 7.83. The molecular weight excluding hydrogens is 399 g/mol. The van der Waals surface area contributed by atoms with Crippen LogP contribution in [0.2, 0.25) is 0 Å². The molecule has 1 unspecified atom stereocenters. The van der Waals surface area contributed by atoms with Crippen LogP contribution >= 0.6 is 0 Å². The lowest BCUT2D eigenvalue weighted by Gasteiger charge is -2.12. The van der Waals surface area contributed by atoms with E-state index in [-0.39, 0.29) is 28.3 Å². The molecule has 0 radical (unpaired) electrons. The van der Waals surface area contributed by atoms with Gasteiger partial charge in [-0.3, -0.25) is 19.1 Å². The zero-order chi connectivity index (χ0) is 20.7. The molecule has 0 fully saturated rings. The number of anilines is 1. The number of carbonyl (C=O) groups is 1. The van der Waals surface area contributed by atoms with E-state index in [1.165, 1.54) is 54.1 Å². The van der Waals surface area contributed by atoms with Gasteiger partial charge in [0.05, 0.1) is 27.8 Å². The molecule has 8 nitrogen and oxygen atoms in total. The van der Waals surface area contributed by atoms with Gasteiger partial charge in [-0.1, -0.05) is 6.07 Å². The van der Waals surface area contributed by atoms with Gasteiger partial charge in [0.1, 0.15) is 11.6 Å². The number of halogens is 1. The Morgan fingerprint density at radius 3 is 2.66 bits per heavy atom. The summed E-state index contributed by atoms with van der Waals surface area (Å²) in [6, 6.07) is 9.85. The van der Waals surface area contributed by atoms with Crippen LogP contribution in [-0.2, 0) is 22.3 Å². The molecule has 1 aliphatic heterocycles. The van der Waals surface area contributed by atoms with Crippen LogP contribution < -0.4 is 5.32 Å². The number of carbonyl (C=O) groups excluding carboxylic acids is 1. The van der Waals surface area contributed by atoms with Crippen LogP contribution in [0.25, 0.3) is 5.69 Å². The average molecular weight is 414 g/mol. The first kappa shape index (κ1) is 18.9. The van der Waals surface area contributed by atoms with Crippen molar-refractivity contribution in [2.45, 2.75) is 18.4 Å². The number of nitro benzene ring substituents is 1. The van der Waals surface area contributed by atoms with Gasteiger partial charge in [-0.25, -0.2) is 9.07 Å². The summed E-state index contributed by atoms with van der Waals surface area (Å²) in [6.07, 6.45) is 0. The third-order valence-corrected chi connectivity index (χ3v) is 5.93. The second kappa shape index (κ2) is 7.21. The van der Waals surface area contributed by atoms with Gasteiger partial charge in [-0.05, 0) is 37.3 Å². The molecule has 4 rings (SSSR count). The molecule has 1 amide bonds. The van der Waals surface area contributed by atoms with Crippen molar-refractivity contribution in [2.24, 2.45) is 0 Å². The Balaban J connectivity index is 1.76. The van der Waals surface area contributed by atoms with E-state index >= 15 is 0 Å². The fourth-order valence-electron chi connectivity index (χ4n) is 3.27. The number of rotatable bonds is 4. The summed E-state index contributed by atoms with van der Waals surface area (Å²) in [4.78, 5) is 23.5. The first-order chi connectivity index (χ1) is 13.8. The summed E-state index contributed by atoms with van der Waals surface area (Å²) < 4.78 is 26.7. The summed E-state index contributed by atoms with van der Waals surface area (Å²) >= 11 is 0. The fraction of sp³-hybridized carbons (Fsp3) is 0.158. The minimum absolute atomic E-state index is 0.152. The van der Waals surface area contributed by atoms with E-state index in [0.29, 0.717) is 22.8 Å². The standard InChI is InChI=1S/C19H15FN4O4S/c1-11-14(3-2-4-17(11)24(26)27)19(25)21-18-15-9-29(28)10-16(15)22-23(18)13-7-5-12(20)6-8-13/h2-8H,9-10H2,1H3,(H,21,25). The van der Waals surface area contributed by atoms with Crippen molar-refractivity contribution in [3.63, 3.8) is 0 Å². The molecule has 148 valence electrons. The normalized spacial score (nSPS) is 15.2. The first-order valence-corrected chi connectivity index (χ1v) is 10.1. The molecule has 3 aromatic rings. The first-order valence-electron chi connectivity index (χ1n) is 8.62. The Hall–Kier alpha value is -3.40. The number of fused-ring (bicyclic) bond motifs is 1. The van der Waals surface area contributed by atoms with Gasteiger partial charge >= 0.3 is 0 Å². The predicted molar refractivity (Wildman–Crippen MR) is 105 cm³/mol. The van der Waals surface area contributed by atoms with Gasteiger partial charge < -0.3 is 5.32 Å². The number of benzene rings is 2. The molecule has 2 heterocycles. The van der Waals surface area contributed by atoms with Crippen LogP contribution in [0, 0.1) is 22.9 Å². The number of hydrogen-bond donors (Lipinski definition) is 1. The smallest absolute Gasteiger partial charge is 0.273 e. The highest BCUT2D eigenvalue weighted by Gasteiger charge is 2.29. The van der Waals surface area contributed by atoms with Gasteiger partial charge in [0.2, 0.25) is 0 Å². The Kier molecular flexibility index (Phi) is 4.71. The molecule has 1 atom stereocenters. The van der Waals surface area contributed by atoms with Crippen molar-refractivity contribution in [3.8, 4) is 5.69 Å². The maximum Gasteiger partial charge on any atom is 0.273 e. The van der Waals surface area contributed by atoms with E-state index < -0.39 is 27.4 Å². The Bertz CT molecular complexity index is 1170. The largest absolute Gasteiger partial charge is 0.306 e. The average Bonchev–Trinajstić information content (AvgIpc) is 3.19. The highest BCUT2D eigenvalue weighted by atomic mass is 32.2. The van der Waals surface area contributed by atoms with E-state index in [1.54, 1.807) is 0 Å². The van der Waals surface area contributed by atoms with Gasteiger partial charge in [-0.2, -0.15) is 5.10 Å². The molecule has 1 aliphatic rings. The SMILES string of the molecule is Cc1c(C(=O)Nc2c3c(nn2-c2ccc(F)cc2)CS(=O)C3)cccc1[N+](=O)[O-]. The van der Waals surface area contributed by atoms with Gasteiger partial charge in [0.25, 0.3) is 11.6 Å². The Morgan fingerprint density at radius 1 is 1.24 bits per heavy atom. The van der Waals surface area contributed by atoms with Crippen LogP contribution in [0.3, 0.4) is 0 Å². The van der Waals surface area contributed by atoms with E-state index in [0.717, 1.165) is 0 Å². The molecule has 0 aliphatic carbocycles. The van der Waals surface area contributed by atoms with Gasteiger partial charge in [0, 0.05) is 33.6 Å². The van der Waals surface area contributed by atoms with Crippen LogP contribution in [0.5, 0.6) is 0 Å². The minimum atomic E-state index is -1.12. The zero-order valence-electron chi connectivity index (χ0n) is 15.2. The minimum Gasteiger partial charge on any atom is -0.306 e. The molecule has 1 N–H and O–H groups in total. The third kappa shape index (κ3) is 3.42. The number of nitrogens with zero attached hydrogens (tertiary/aromatic N) is 3. The van der Waals surface area contributed by atoms with Crippen molar-refractivity contribution in [3.05, 3.63) is 80.8 Å². The summed E-state index contributed by atoms with van der Waals surface area (Å²) in [5, 5.41) is 18.4. The van der Waals surface area contributed by atoms with Crippen molar-refractivity contribution in [1.82, 2.24) is 9.78 Å².